The lowest BCUT2D eigenvalue weighted by atomic mass is 10.1. The zero-order valence-electron chi connectivity index (χ0n) is 10.7. The Kier molecular flexibility index (Phi) is 3.89. The van der Waals surface area contributed by atoms with Crippen LogP contribution in [0.2, 0.25) is 0 Å². The van der Waals surface area contributed by atoms with E-state index in [0.717, 1.165) is 16.0 Å². The average Bonchev–Trinajstić information content (AvgIpc) is 2.18. The topological polar surface area (TPSA) is 55.2 Å². The second-order valence-electron chi connectivity index (χ2n) is 4.93. The van der Waals surface area contributed by atoms with Gasteiger partial charge in [-0.15, -0.1) is 0 Å². The first-order valence-corrected chi connectivity index (χ1v) is 5.48. The minimum atomic E-state index is -0.448. The van der Waals surface area contributed by atoms with Gasteiger partial charge in [-0.3, -0.25) is 4.79 Å². The lowest BCUT2D eigenvalue weighted by molar-refractivity contribution is -0.530. The van der Waals surface area contributed by atoms with E-state index in [1.54, 1.807) is 24.3 Å². The van der Waals surface area contributed by atoms with Crippen molar-refractivity contribution in [1.82, 2.24) is 0 Å². The Hall–Kier alpha value is -1.84. The number of hydrogen-bond acceptors (Lipinski definition) is 2. The molecule has 4 heteroatoms. The summed E-state index contributed by atoms with van der Waals surface area (Å²) in [5, 5.41) is 14.4. The molecule has 0 bridgehead atoms. The molecule has 1 amide bonds. The fourth-order valence-electron chi connectivity index (χ4n) is 1.18. The molecule has 0 unspecified atom stereocenters. The third kappa shape index (κ3) is 4.26. The molecular formula is C13H18N2O2. The Morgan fingerprint density at radius 1 is 1.29 bits per heavy atom. The summed E-state index contributed by atoms with van der Waals surface area (Å²) in [6, 6.07) is 7.12. The van der Waals surface area contributed by atoms with Crippen LogP contribution in [-0.4, -0.2) is 22.4 Å². The van der Waals surface area contributed by atoms with Crippen molar-refractivity contribution in [2.75, 3.05) is 5.32 Å². The largest absolute Gasteiger partial charge is 0.623 e. The van der Waals surface area contributed by atoms with Crippen LogP contribution in [0.1, 0.15) is 33.3 Å². The predicted molar refractivity (Wildman–Crippen MR) is 69.3 cm³/mol. The molecule has 0 aliphatic rings. The van der Waals surface area contributed by atoms with Gasteiger partial charge < -0.3 is 10.5 Å². The molecule has 1 aromatic rings. The van der Waals surface area contributed by atoms with Gasteiger partial charge >= 0.3 is 0 Å². The predicted octanol–water partition coefficient (Wildman–Crippen LogP) is 2.37. The van der Waals surface area contributed by atoms with Crippen molar-refractivity contribution in [1.29, 1.82) is 0 Å². The molecule has 0 saturated carbocycles. The van der Waals surface area contributed by atoms with Crippen molar-refractivity contribution in [2.45, 2.75) is 33.2 Å². The SMILES string of the molecule is CC(=O)Nc1ccc(C=[N+]([O-])C(C)(C)C)cc1. The minimum absolute atomic E-state index is 0.109. The Balaban J connectivity index is 2.85. The monoisotopic (exact) mass is 234 g/mol. The molecule has 0 spiro atoms. The Morgan fingerprint density at radius 3 is 2.24 bits per heavy atom. The van der Waals surface area contributed by atoms with Crippen LogP contribution in [0.5, 0.6) is 0 Å². The Morgan fingerprint density at radius 2 is 1.82 bits per heavy atom. The highest BCUT2D eigenvalue weighted by Gasteiger charge is 2.17. The molecule has 0 heterocycles. The highest BCUT2D eigenvalue weighted by Crippen LogP contribution is 2.10. The number of amides is 1. The van der Waals surface area contributed by atoms with Gasteiger partial charge in [0.25, 0.3) is 0 Å². The van der Waals surface area contributed by atoms with Gasteiger partial charge in [0.05, 0.1) is 0 Å². The maximum atomic E-state index is 11.7. The summed E-state index contributed by atoms with van der Waals surface area (Å²) < 4.78 is 0.917. The van der Waals surface area contributed by atoms with Crippen LogP contribution in [0, 0.1) is 5.21 Å². The van der Waals surface area contributed by atoms with Gasteiger partial charge in [-0.25, -0.2) is 4.74 Å². The van der Waals surface area contributed by atoms with E-state index >= 15 is 0 Å². The average molecular weight is 234 g/mol. The number of nitrogens with one attached hydrogen (secondary N) is 1. The number of benzene rings is 1. The van der Waals surface area contributed by atoms with Crippen LogP contribution in [-0.2, 0) is 4.79 Å². The zero-order valence-corrected chi connectivity index (χ0v) is 10.7. The van der Waals surface area contributed by atoms with Crippen LogP contribution in [0.4, 0.5) is 5.69 Å². The summed E-state index contributed by atoms with van der Waals surface area (Å²) in [6.45, 7) is 7.01. The highest BCUT2D eigenvalue weighted by molar-refractivity contribution is 5.89. The number of carbonyl (C=O) groups excluding carboxylic acids is 1. The van der Waals surface area contributed by atoms with E-state index in [0.29, 0.717) is 0 Å². The smallest absolute Gasteiger partial charge is 0.221 e. The summed E-state index contributed by atoms with van der Waals surface area (Å²) in [6.07, 6.45) is 1.54. The van der Waals surface area contributed by atoms with Crippen molar-refractivity contribution in [3.05, 3.63) is 35.0 Å². The molecule has 1 aromatic carbocycles. The molecule has 1 N–H and O–H groups in total. The van der Waals surface area contributed by atoms with E-state index in [4.69, 9.17) is 0 Å². The number of nitrogens with zero attached hydrogens (tertiary/aromatic N) is 1. The molecular weight excluding hydrogens is 216 g/mol. The number of carbonyl (C=O) groups is 1. The van der Waals surface area contributed by atoms with Gasteiger partial charge in [0, 0.05) is 38.9 Å². The summed E-state index contributed by atoms with van der Waals surface area (Å²) in [5.74, 6) is -0.109. The lowest BCUT2D eigenvalue weighted by Gasteiger charge is -2.18. The Labute approximate surface area is 102 Å². The summed E-state index contributed by atoms with van der Waals surface area (Å²) in [5.41, 5.74) is 1.09. The third-order valence-electron chi connectivity index (χ3n) is 2.16. The fourth-order valence-corrected chi connectivity index (χ4v) is 1.18. The quantitative estimate of drug-likeness (QED) is 0.369. The van der Waals surface area contributed by atoms with Gasteiger partial charge in [-0.2, -0.15) is 0 Å². The first-order chi connectivity index (χ1) is 7.79. The highest BCUT2D eigenvalue weighted by atomic mass is 16.5. The first kappa shape index (κ1) is 13.2. The van der Waals surface area contributed by atoms with Crippen molar-refractivity contribution in [3.8, 4) is 0 Å². The number of rotatable bonds is 2. The van der Waals surface area contributed by atoms with Gasteiger partial charge in [0.1, 0.15) is 0 Å². The molecule has 0 radical (unpaired) electrons. The van der Waals surface area contributed by atoms with Gasteiger partial charge in [0.15, 0.2) is 11.8 Å². The molecule has 0 saturated heterocycles. The molecule has 0 aliphatic heterocycles. The fraction of sp³-hybridized carbons (Fsp3) is 0.385. The normalized spacial score (nSPS) is 12.4. The van der Waals surface area contributed by atoms with E-state index < -0.39 is 5.54 Å². The molecule has 0 aromatic heterocycles. The van der Waals surface area contributed by atoms with Crippen LogP contribution in [0.15, 0.2) is 24.3 Å². The van der Waals surface area contributed by atoms with E-state index in [1.807, 2.05) is 20.8 Å². The van der Waals surface area contributed by atoms with Crippen molar-refractivity contribution in [3.63, 3.8) is 0 Å². The minimum Gasteiger partial charge on any atom is -0.623 e. The van der Waals surface area contributed by atoms with Crippen molar-refractivity contribution >= 4 is 17.8 Å². The maximum Gasteiger partial charge on any atom is 0.221 e. The van der Waals surface area contributed by atoms with Crippen molar-refractivity contribution < 1.29 is 9.53 Å². The third-order valence-corrected chi connectivity index (χ3v) is 2.16. The van der Waals surface area contributed by atoms with E-state index in [2.05, 4.69) is 5.32 Å². The second kappa shape index (κ2) is 4.99. The van der Waals surface area contributed by atoms with Gasteiger partial charge in [-0.05, 0) is 24.3 Å². The van der Waals surface area contributed by atoms with Crippen LogP contribution >= 0.6 is 0 Å². The summed E-state index contributed by atoms with van der Waals surface area (Å²) in [7, 11) is 0. The molecule has 1 rings (SSSR count). The molecule has 0 atom stereocenters. The van der Waals surface area contributed by atoms with E-state index in [1.165, 1.54) is 13.1 Å². The van der Waals surface area contributed by atoms with E-state index in [-0.39, 0.29) is 5.91 Å². The van der Waals surface area contributed by atoms with Crippen LogP contribution in [0.3, 0.4) is 0 Å². The standard InChI is InChI=1S/C13H18N2O2/c1-10(16)14-12-7-5-11(6-8-12)9-15(17)13(2,3)4/h5-9H,1-4H3,(H,14,16). The van der Waals surface area contributed by atoms with Gasteiger partial charge in [0.2, 0.25) is 5.91 Å². The summed E-state index contributed by atoms with van der Waals surface area (Å²) >= 11 is 0. The molecule has 4 nitrogen and oxygen atoms in total. The molecule has 0 fully saturated rings. The van der Waals surface area contributed by atoms with Gasteiger partial charge in [-0.1, -0.05) is 0 Å². The molecule has 92 valence electrons. The molecule has 0 aliphatic carbocycles. The number of anilines is 1. The maximum absolute atomic E-state index is 11.7. The second-order valence-corrected chi connectivity index (χ2v) is 4.93. The number of hydrogen-bond donors (Lipinski definition) is 1. The number of hydroxylamine groups is 1. The lowest BCUT2D eigenvalue weighted by Crippen LogP contribution is -2.29. The molecule has 17 heavy (non-hydrogen) atoms. The van der Waals surface area contributed by atoms with Crippen molar-refractivity contribution in [2.24, 2.45) is 0 Å². The first-order valence-electron chi connectivity index (χ1n) is 5.48. The van der Waals surface area contributed by atoms with Crippen LogP contribution in [0.25, 0.3) is 0 Å². The van der Waals surface area contributed by atoms with Crippen LogP contribution < -0.4 is 5.32 Å². The zero-order chi connectivity index (χ0) is 13.1. The van der Waals surface area contributed by atoms with E-state index in [9.17, 15) is 10.0 Å². The Bertz CT molecular complexity index is 428. The summed E-state index contributed by atoms with van der Waals surface area (Å²) in [4.78, 5) is 10.8.